The van der Waals surface area contributed by atoms with Crippen LogP contribution in [0.25, 0.3) is 0 Å². The Kier molecular flexibility index (Phi) is 4.72. The van der Waals surface area contributed by atoms with Crippen LogP contribution in [0.2, 0.25) is 0 Å². The molecule has 0 saturated carbocycles. The van der Waals surface area contributed by atoms with Crippen molar-refractivity contribution in [1.82, 2.24) is 5.32 Å². The first-order valence-corrected chi connectivity index (χ1v) is 4.97. The molecule has 0 aliphatic carbocycles. The van der Waals surface area contributed by atoms with E-state index in [0.29, 0.717) is 18.7 Å². The van der Waals surface area contributed by atoms with Crippen LogP contribution in [0.15, 0.2) is 18.2 Å². The number of aryl methyl sites for hydroxylation is 1. The lowest BCUT2D eigenvalue weighted by Crippen LogP contribution is -2.23. The molecule has 0 aliphatic heterocycles. The minimum atomic E-state index is -0.778. The number of halogens is 1. The minimum absolute atomic E-state index is 0.208. The number of primary amides is 1. The maximum absolute atomic E-state index is 12.9. The van der Waals surface area contributed by atoms with Gasteiger partial charge in [0.15, 0.2) is 0 Å². The zero-order valence-corrected chi connectivity index (χ0v) is 9.13. The van der Waals surface area contributed by atoms with Crippen molar-refractivity contribution in [2.45, 2.75) is 13.5 Å². The first kappa shape index (κ1) is 12.4. The highest BCUT2D eigenvalue weighted by molar-refractivity contribution is 5.64. The molecule has 0 bridgehead atoms. The number of nitrogens with one attached hydrogen (secondary N) is 1. The number of amides is 1. The maximum atomic E-state index is 12.9. The Morgan fingerprint density at radius 2 is 2.31 bits per heavy atom. The molecule has 0 atom stereocenters. The predicted molar refractivity (Wildman–Crippen MR) is 58.4 cm³/mol. The number of ether oxygens (including phenoxy) is 1. The highest BCUT2D eigenvalue weighted by Crippen LogP contribution is 2.08. The van der Waals surface area contributed by atoms with Gasteiger partial charge in [-0.2, -0.15) is 0 Å². The molecule has 16 heavy (non-hydrogen) atoms. The average Bonchev–Trinajstić information content (AvgIpc) is 2.22. The Bertz CT molecular complexity index is 369. The van der Waals surface area contributed by atoms with Crippen molar-refractivity contribution in [2.75, 3.05) is 13.2 Å². The summed E-state index contributed by atoms with van der Waals surface area (Å²) < 4.78 is 17.5. The predicted octanol–water partition coefficient (Wildman–Crippen LogP) is 1.32. The monoisotopic (exact) mass is 226 g/mol. The molecule has 0 aromatic heterocycles. The molecule has 0 spiro atoms. The van der Waals surface area contributed by atoms with E-state index in [1.165, 1.54) is 6.07 Å². The van der Waals surface area contributed by atoms with E-state index in [9.17, 15) is 9.18 Å². The second-order valence-electron chi connectivity index (χ2n) is 3.43. The van der Waals surface area contributed by atoms with Crippen molar-refractivity contribution in [2.24, 2.45) is 5.73 Å². The highest BCUT2D eigenvalue weighted by Gasteiger charge is 1.99. The molecular formula is C11H15FN2O2. The van der Waals surface area contributed by atoms with Crippen molar-refractivity contribution >= 4 is 6.09 Å². The Hall–Kier alpha value is -1.62. The van der Waals surface area contributed by atoms with E-state index in [0.717, 1.165) is 5.56 Å². The molecule has 1 amide bonds. The van der Waals surface area contributed by atoms with Gasteiger partial charge in [0.25, 0.3) is 0 Å². The standard InChI is InChI=1S/C11H15FN2O2/c1-8-6-9(2-3-10(8)12)7-14-4-5-16-11(13)15/h2-3,6,14H,4-5,7H2,1H3,(H2,13,15). The number of hydrogen-bond donors (Lipinski definition) is 2. The molecule has 0 aliphatic rings. The third-order valence-electron chi connectivity index (χ3n) is 2.07. The van der Waals surface area contributed by atoms with E-state index in [-0.39, 0.29) is 12.4 Å². The summed E-state index contributed by atoms with van der Waals surface area (Å²) in [4.78, 5) is 10.2. The summed E-state index contributed by atoms with van der Waals surface area (Å²) >= 11 is 0. The van der Waals surface area contributed by atoms with Crippen LogP contribution in [0.4, 0.5) is 9.18 Å². The molecule has 4 nitrogen and oxygen atoms in total. The number of nitrogens with two attached hydrogens (primary N) is 1. The van der Waals surface area contributed by atoms with Gasteiger partial charge in [0.2, 0.25) is 0 Å². The molecule has 1 rings (SSSR count). The van der Waals surface area contributed by atoms with Gasteiger partial charge in [0, 0.05) is 13.1 Å². The van der Waals surface area contributed by atoms with E-state index >= 15 is 0 Å². The van der Waals surface area contributed by atoms with Crippen LogP contribution in [0.1, 0.15) is 11.1 Å². The van der Waals surface area contributed by atoms with Crippen LogP contribution < -0.4 is 11.1 Å². The molecule has 1 aromatic carbocycles. The van der Waals surface area contributed by atoms with Gasteiger partial charge in [-0.1, -0.05) is 12.1 Å². The first-order chi connectivity index (χ1) is 7.59. The lowest BCUT2D eigenvalue weighted by atomic mass is 10.1. The van der Waals surface area contributed by atoms with Crippen LogP contribution >= 0.6 is 0 Å². The third-order valence-corrected chi connectivity index (χ3v) is 2.07. The summed E-state index contributed by atoms with van der Waals surface area (Å²) in [6.07, 6.45) is -0.778. The quantitative estimate of drug-likeness (QED) is 0.744. The smallest absolute Gasteiger partial charge is 0.404 e. The van der Waals surface area contributed by atoms with Gasteiger partial charge >= 0.3 is 6.09 Å². The summed E-state index contributed by atoms with van der Waals surface area (Å²) in [5, 5.41) is 3.05. The maximum Gasteiger partial charge on any atom is 0.404 e. The van der Waals surface area contributed by atoms with Gasteiger partial charge in [0.05, 0.1) is 0 Å². The van der Waals surface area contributed by atoms with Gasteiger partial charge in [-0.15, -0.1) is 0 Å². The molecule has 5 heteroatoms. The van der Waals surface area contributed by atoms with E-state index in [2.05, 4.69) is 10.1 Å². The summed E-state index contributed by atoms with van der Waals surface area (Å²) in [5.74, 6) is -0.208. The van der Waals surface area contributed by atoms with E-state index in [4.69, 9.17) is 5.73 Å². The summed E-state index contributed by atoms with van der Waals surface area (Å²) in [6, 6.07) is 4.92. The van der Waals surface area contributed by atoms with Gasteiger partial charge in [-0.25, -0.2) is 9.18 Å². The van der Waals surface area contributed by atoms with Crippen molar-refractivity contribution in [3.8, 4) is 0 Å². The lowest BCUT2D eigenvalue weighted by molar-refractivity contribution is 0.157. The second-order valence-corrected chi connectivity index (χ2v) is 3.43. The van der Waals surface area contributed by atoms with E-state index in [1.807, 2.05) is 0 Å². The molecule has 0 radical (unpaired) electrons. The third kappa shape index (κ3) is 4.27. The SMILES string of the molecule is Cc1cc(CNCCOC(N)=O)ccc1F. The summed E-state index contributed by atoms with van der Waals surface area (Å²) in [5.41, 5.74) is 6.39. The molecule has 88 valence electrons. The fraction of sp³-hybridized carbons (Fsp3) is 0.364. The highest BCUT2D eigenvalue weighted by atomic mass is 19.1. The largest absolute Gasteiger partial charge is 0.448 e. The number of hydrogen-bond acceptors (Lipinski definition) is 3. The number of benzene rings is 1. The van der Waals surface area contributed by atoms with Gasteiger partial charge in [-0.05, 0) is 24.1 Å². The Labute approximate surface area is 93.6 Å². The number of rotatable bonds is 5. The van der Waals surface area contributed by atoms with Gasteiger partial charge in [0.1, 0.15) is 12.4 Å². The Balaban J connectivity index is 2.27. The van der Waals surface area contributed by atoms with Crippen molar-refractivity contribution in [1.29, 1.82) is 0 Å². The van der Waals surface area contributed by atoms with Gasteiger partial charge in [-0.3, -0.25) is 0 Å². The van der Waals surface area contributed by atoms with Crippen molar-refractivity contribution in [3.63, 3.8) is 0 Å². The Morgan fingerprint density at radius 3 is 2.94 bits per heavy atom. The van der Waals surface area contributed by atoms with Gasteiger partial charge < -0.3 is 15.8 Å². The zero-order chi connectivity index (χ0) is 12.0. The second kappa shape index (κ2) is 6.07. The number of carbonyl (C=O) groups excluding carboxylic acids is 1. The lowest BCUT2D eigenvalue weighted by Gasteiger charge is -2.06. The summed E-state index contributed by atoms with van der Waals surface area (Å²) in [6.45, 7) is 3.06. The molecular weight excluding hydrogens is 211 g/mol. The molecule has 0 saturated heterocycles. The molecule has 0 unspecified atom stereocenters. The topological polar surface area (TPSA) is 64.3 Å². The average molecular weight is 226 g/mol. The summed E-state index contributed by atoms with van der Waals surface area (Å²) in [7, 11) is 0. The minimum Gasteiger partial charge on any atom is -0.448 e. The van der Waals surface area contributed by atoms with E-state index < -0.39 is 6.09 Å². The first-order valence-electron chi connectivity index (χ1n) is 4.97. The van der Waals surface area contributed by atoms with Crippen LogP contribution in [0.3, 0.4) is 0 Å². The van der Waals surface area contributed by atoms with Crippen LogP contribution in [-0.2, 0) is 11.3 Å². The molecule has 0 fully saturated rings. The fourth-order valence-electron chi connectivity index (χ4n) is 1.27. The zero-order valence-electron chi connectivity index (χ0n) is 9.13. The normalized spacial score (nSPS) is 10.1. The van der Waals surface area contributed by atoms with Crippen LogP contribution in [0, 0.1) is 12.7 Å². The molecule has 0 heterocycles. The fourth-order valence-corrected chi connectivity index (χ4v) is 1.27. The van der Waals surface area contributed by atoms with E-state index in [1.54, 1.807) is 19.1 Å². The Morgan fingerprint density at radius 1 is 1.56 bits per heavy atom. The van der Waals surface area contributed by atoms with Crippen LogP contribution in [-0.4, -0.2) is 19.2 Å². The molecule has 1 aromatic rings. The number of carbonyl (C=O) groups is 1. The molecule has 3 N–H and O–H groups in total. The van der Waals surface area contributed by atoms with Crippen LogP contribution in [0.5, 0.6) is 0 Å². The van der Waals surface area contributed by atoms with Crippen molar-refractivity contribution in [3.05, 3.63) is 35.1 Å². The van der Waals surface area contributed by atoms with Crippen molar-refractivity contribution < 1.29 is 13.9 Å².